The van der Waals surface area contributed by atoms with Crippen LogP contribution in [0.15, 0.2) is 23.0 Å². The minimum atomic E-state index is -4.99. The van der Waals surface area contributed by atoms with E-state index in [9.17, 15) is 27.2 Å². The van der Waals surface area contributed by atoms with Crippen LogP contribution in [0.2, 0.25) is 10.0 Å². The third-order valence-electron chi connectivity index (χ3n) is 2.99. The number of alkyl halides is 5. The average molecular weight is 471 g/mol. The van der Waals surface area contributed by atoms with Crippen LogP contribution in [0, 0.1) is 11.3 Å². The molecule has 0 saturated heterocycles. The van der Waals surface area contributed by atoms with Crippen molar-refractivity contribution < 1.29 is 31.4 Å². The largest absolute Gasteiger partial charge is 0.573 e. The molecule has 0 spiro atoms. The van der Waals surface area contributed by atoms with Gasteiger partial charge in [0.15, 0.2) is 6.04 Å². The Bertz CT molecular complexity index is 779. The van der Waals surface area contributed by atoms with Crippen molar-refractivity contribution in [1.82, 2.24) is 4.41 Å². The molecule has 0 radical (unpaired) electrons. The molecule has 1 aromatic rings. The lowest BCUT2D eigenvalue weighted by molar-refractivity contribution is -0.274. The van der Waals surface area contributed by atoms with Crippen molar-refractivity contribution in [3.8, 4) is 11.8 Å². The maximum absolute atomic E-state index is 13.0. The van der Waals surface area contributed by atoms with Gasteiger partial charge in [-0.25, -0.2) is 5.01 Å². The van der Waals surface area contributed by atoms with Crippen molar-refractivity contribution in [3.05, 3.63) is 33.1 Å². The second-order valence-corrected chi connectivity index (χ2v) is 6.82. The zero-order valence-corrected chi connectivity index (χ0v) is 16.0. The number of hydrogen-bond donors (Lipinski definition) is 0. The quantitative estimate of drug-likeness (QED) is 0.404. The number of benzene rings is 1. The molecule has 0 amide bonds. The summed E-state index contributed by atoms with van der Waals surface area (Å²) in [4.78, 5) is 0. The Morgan fingerprint density at radius 1 is 1.22 bits per heavy atom. The van der Waals surface area contributed by atoms with E-state index in [1.165, 1.54) is 0 Å². The molecule has 0 aromatic heterocycles. The molecule has 5 nitrogen and oxygen atoms in total. The molecule has 0 N–H and O–H groups in total. The smallest absolute Gasteiger partial charge is 0.480 e. The maximum Gasteiger partial charge on any atom is 0.573 e. The highest BCUT2D eigenvalue weighted by Gasteiger charge is 2.44. The number of hydrazine groups is 1. The molecule has 1 unspecified atom stereocenters. The number of rotatable bonds is 5. The zero-order valence-electron chi connectivity index (χ0n) is 12.9. The third-order valence-corrected chi connectivity index (χ3v) is 4.69. The first-order valence-corrected chi connectivity index (χ1v) is 8.59. The highest BCUT2D eigenvalue weighted by Crippen LogP contribution is 2.48. The lowest BCUT2D eigenvalue weighted by Crippen LogP contribution is -2.38. The number of nitrogens with zero attached hydrogens (tertiary/aromatic N) is 3. The SMILES string of the molecule is COC1=C(Cl)C(C#N)N(SC(F)F)N1c1c(Cl)cc(OC(F)(F)F)cc1Cl. The summed E-state index contributed by atoms with van der Waals surface area (Å²) in [5, 5.41) is 9.11. The molecular formula is C13H7Cl3F5N3O2S. The van der Waals surface area contributed by atoms with E-state index >= 15 is 0 Å². The minimum absolute atomic E-state index is 0.0791. The van der Waals surface area contributed by atoms with Gasteiger partial charge in [-0.15, -0.1) is 17.6 Å². The molecular weight excluding hydrogens is 464 g/mol. The van der Waals surface area contributed by atoms with Gasteiger partial charge in [0.05, 0.1) is 28.9 Å². The summed E-state index contributed by atoms with van der Waals surface area (Å²) >= 11 is 18.0. The van der Waals surface area contributed by atoms with Crippen molar-refractivity contribution in [3.63, 3.8) is 0 Å². The number of anilines is 1. The Morgan fingerprint density at radius 3 is 2.19 bits per heavy atom. The standard InChI is InChI=1S/C13H7Cl3F5N3O2S/c1-25-11-9(16)8(4-22)24(27-12(17)18)23(11)10-6(14)2-5(3-7(10)15)26-13(19,20)21/h2-3,8,12H,1H3. The normalized spacial score (nSPS) is 18.3. The Morgan fingerprint density at radius 2 is 1.78 bits per heavy atom. The van der Waals surface area contributed by atoms with Crippen LogP contribution >= 0.6 is 46.8 Å². The number of ether oxygens (including phenoxy) is 2. The summed E-state index contributed by atoms with van der Waals surface area (Å²) < 4.78 is 72.6. The van der Waals surface area contributed by atoms with Crippen LogP contribution in [0.5, 0.6) is 5.75 Å². The van der Waals surface area contributed by atoms with Gasteiger partial charge in [0.25, 0.3) is 5.76 Å². The van der Waals surface area contributed by atoms with Gasteiger partial charge in [0.2, 0.25) is 5.88 Å². The van der Waals surface area contributed by atoms with Gasteiger partial charge in [-0.05, 0) is 0 Å². The van der Waals surface area contributed by atoms with E-state index in [0.717, 1.165) is 28.7 Å². The topological polar surface area (TPSA) is 48.7 Å². The molecule has 1 aliphatic heterocycles. The van der Waals surface area contributed by atoms with Crippen molar-refractivity contribution in [2.45, 2.75) is 18.2 Å². The molecule has 1 heterocycles. The molecule has 148 valence electrons. The van der Waals surface area contributed by atoms with E-state index in [1.807, 2.05) is 0 Å². The average Bonchev–Trinajstić information content (AvgIpc) is 2.75. The summed E-state index contributed by atoms with van der Waals surface area (Å²) in [5.74, 6) is -3.93. The summed E-state index contributed by atoms with van der Waals surface area (Å²) in [6.45, 7) is 0. The van der Waals surface area contributed by atoms with Crippen LogP contribution in [-0.4, -0.2) is 29.7 Å². The van der Waals surface area contributed by atoms with Crippen LogP contribution in [0.4, 0.5) is 27.6 Å². The van der Waals surface area contributed by atoms with Gasteiger partial charge >= 0.3 is 6.36 Å². The van der Waals surface area contributed by atoms with E-state index in [0.29, 0.717) is 0 Å². The third kappa shape index (κ3) is 4.75. The molecule has 2 rings (SSSR count). The molecule has 1 aromatic carbocycles. The molecule has 1 atom stereocenters. The molecule has 27 heavy (non-hydrogen) atoms. The van der Waals surface area contributed by atoms with Crippen molar-refractivity contribution in [2.75, 3.05) is 12.1 Å². The number of nitriles is 1. The summed E-state index contributed by atoms with van der Waals surface area (Å²) in [7, 11) is 1.15. The lowest BCUT2D eigenvalue weighted by Gasteiger charge is -2.32. The summed E-state index contributed by atoms with van der Waals surface area (Å²) in [6.07, 6.45) is -4.99. The highest BCUT2D eigenvalue weighted by atomic mass is 35.5. The van der Waals surface area contributed by atoms with Gasteiger partial charge in [0.1, 0.15) is 10.8 Å². The number of methoxy groups -OCH3 is 1. The van der Waals surface area contributed by atoms with E-state index in [-0.39, 0.29) is 38.6 Å². The lowest BCUT2D eigenvalue weighted by atomic mass is 10.3. The predicted octanol–water partition coefficient (Wildman–Crippen LogP) is 5.75. The van der Waals surface area contributed by atoms with Crippen molar-refractivity contribution in [1.29, 1.82) is 5.26 Å². The molecule has 0 bridgehead atoms. The monoisotopic (exact) mass is 469 g/mol. The van der Waals surface area contributed by atoms with Gasteiger partial charge < -0.3 is 9.47 Å². The summed E-state index contributed by atoms with van der Waals surface area (Å²) in [5.41, 5.74) is -0.228. The molecule has 0 aliphatic carbocycles. The van der Waals surface area contributed by atoms with Gasteiger partial charge in [-0.2, -0.15) is 14.0 Å². The molecule has 0 saturated carbocycles. The van der Waals surface area contributed by atoms with E-state index in [4.69, 9.17) is 39.5 Å². The van der Waals surface area contributed by atoms with Crippen molar-refractivity contribution in [2.24, 2.45) is 0 Å². The zero-order chi connectivity index (χ0) is 20.5. The fourth-order valence-corrected chi connectivity index (χ4v) is 3.81. The summed E-state index contributed by atoms with van der Waals surface area (Å²) in [6, 6.07) is 1.90. The maximum atomic E-state index is 13.0. The van der Waals surface area contributed by atoms with E-state index in [2.05, 4.69) is 4.74 Å². The molecule has 14 heteroatoms. The van der Waals surface area contributed by atoms with E-state index in [1.54, 1.807) is 6.07 Å². The first-order chi connectivity index (χ1) is 12.5. The second kappa shape index (κ2) is 8.36. The molecule has 0 fully saturated rings. The Kier molecular flexibility index (Phi) is 6.81. The van der Waals surface area contributed by atoms with Crippen LogP contribution in [0.1, 0.15) is 0 Å². The first-order valence-electron chi connectivity index (χ1n) is 6.62. The fourth-order valence-electron chi connectivity index (χ4n) is 2.14. The fraction of sp³-hybridized carbons (Fsp3) is 0.308. The Balaban J connectivity index is 2.57. The predicted molar refractivity (Wildman–Crippen MR) is 90.3 cm³/mol. The number of hydrogen-bond acceptors (Lipinski definition) is 6. The van der Waals surface area contributed by atoms with Gasteiger partial charge in [-0.3, -0.25) is 0 Å². The second-order valence-electron chi connectivity index (χ2n) is 4.65. The van der Waals surface area contributed by atoms with Gasteiger partial charge in [-0.1, -0.05) is 34.8 Å². The van der Waals surface area contributed by atoms with Crippen LogP contribution < -0.4 is 9.75 Å². The Hall–Kier alpha value is -1.32. The Labute approximate surface area is 168 Å². The first kappa shape index (κ1) is 22.0. The highest BCUT2D eigenvalue weighted by molar-refractivity contribution is 7.97. The minimum Gasteiger partial charge on any atom is -0.480 e. The number of halogens is 8. The van der Waals surface area contributed by atoms with Gasteiger partial charge in [0, 0.05) is 24.1 Å². The van der Waals surface area contributed by atoms with Crippen LogP contribution in [0.25, 0.3) is 0 Å². The van der Waals surface area contributed by atoms with E-state index < -0.39 is 23.9 Å². The van der Waals surface area contributed by atoms with Crippen LogP contribution in [0.3, 0.4) is 0 Å². The van der Waals surface area contributed by atoms with Crippen molar-refractivity contribution >= 4 is 52.4 Å². The van der Waals surface area contributed by atoms with Crippen LogP contribution in [-0.2, 0) is 4.74 Å². The molecule has 1 aliphatic rings.